The first kappa shape index (κ1) is 15.0. The second-order valence-electron chi connectivity index (χ2n) is 5.15. The van der Waals surface area contributed by atoms with Crippen molar-refractivity contribution < 1.29 is 9.13 Å². The lowest BCUT2D eigenvalue weighted by atomic mass is 9.96. The molecule has 1 rings (SSSR count). The van der Waals surface area contributed by atoms with Gasteiger partial charge in [-0.15, -0.1) is 0 Å². The minimum absolute atomic E-state index is 0.0995. The molecule has 0 amide bonds. The molecule has 18 heavy (non-hydrogen) atoms. The molecule has 0 spiro atoms. The van der Waals surface area contributed by atoms with Gasteiger partial charge in [0, 0.05) is 5.56 Å². The molecule has 1 aromatic rings. The van der Waals surface area contributed by atoms with Crippen molar-refractivity contribution >= 4 is 0 Å². The number of aryl methyl sites for hydroxylation is 1. The van der Waals surface area contributed by atoms with E-state index in [-0.39, 0.29) is 5.82 Å². The standard InChI is InChI=1S/C16H25FO/c1-5-7-12(2)8-6-9-14-10-11-15(18-4)13(3)16(14)17/h10-12H,5-9H2,1-4H3. The molecule has 0 heterocycles. The summed E-state index contributed by atoms with van der Waals surface area (Å²) < 4.78 is 19.2. The van der Waals surface area contributed by atoms with Crippen molar-refractivity contribution in [1.29, 1.82) is 0 Å². The molecule has 0 aliphatic rings. The number of hydrogen-bond donors (Lipinski definition) is 0. The van der Waals surface area contributed by atoms with Crippen molar-refractivity contribution in [3.63, 3.8) is 0 Å². The molecule has 0 radical (unpaired) electrons. The predicted molar refractivity (Wildman–Crippen MR) is 74.7 cm³/mol. The van der Waals surface area contributed by atoms with Gasteiger partial charge in [0.15, 0.2) is 0 Å². The van der Waals surface area contributed by atoms with Crippen molar-refractivity contribution in [3.05, 3.63) is 29.1 Å². The average molecular weight is 252 g/mol. The Labute approximate surface area is 110 Å². The molecule has 0 N–H and O–H groups in total. The fourth-order valence-corrected chi connectivity index (χ4v) is 2.42. The number of halogens is 1. The molecular formula is C16H25FO. The molecule has 1 aromatic carbocycles. The topological polar surface area (TPSA) is 9.23 Å². The van der Waals surface area contributed by atoms with Crippen molar-refractivity contribution in [2.75, 3.05) is 7.11 Å². The molecule has 0 aromatic heterocycles. The van der Waals surface area contributed by atoms with E-state index in [1.165, 1.54) is 19.3 Å². The summed E-state index contributed by atoms with van der Waals surface area (Å²) in [7, 11) is 1.58. The average Bonchev–Trinajstić information content (AvgIpc) is 2.35. The molecule has 1 atom stereocenters. The molecule has 0 bridgehead atoms. The first-order chi connectivity index (χ1) is 8.60. The van der Waals surface area contributed by atoms with Gasteiger partial charge < -0.3 is 4.74 Å². The third kappa shape index (κ3) is 4.01. The van der Waals surface area contributed by atoms with Crippen molar-refractivity contribution in [2.45, 2.75) is 52.9 Å². The Balaban J connectivity index is 2.55. The predicted octanol–water partition coefficient (Wildman–Crippen LogP) is 4.90. The van der Waals surface area contributed by atoms with E-state index in [1.807, 2.05) is 12.1 Å². The van der Waals surface area contributed by atoms with Gasteiger partial charge in [-0.05, 0) is 37.3 Å². The molecule has 1 nitrogen and oxygen atoms in total. The van der Waals surface area contributed by atoms with Gasteiger partial charge in [0.2, 0.25) is 0 Å². The summed E-state index contributed by atoms with van der Waals surface area (Å²) in [6, 6.07) is 3.72. The molecule has 1 unspecified atom stereocenters. The van der Waals surface area contributed by atoms with Crippen LogP contribution in [0.1, 0.15) is 50.7 Å². The lowest BCUT2D eigenvalue weighted by Gasteiger charge is -2.12. The number of ether oxygens (including phenoxy) is 1. The third-order valence-corrected chi connectivity index (χ3v) is 3.56. The summed E-state index contributed by atoms with van der Waals surface area (Å²) in [6.07, 6.45) is 5.56. The molecular weight excluding hydrogens is 227 g/mol. The van der Waals surface area contributed by atoms with Crippen LogP contribution >= 0.6 is 0 Å². The highest BCUT2D eigenvalue weighted by molar-refractivity contribution is 5.37. The third-order valence-electron chi connectivity index (χ3n) is 3.56. The van der Waals surface area contributed by atoms with Gasteiger partial charge in [-0.2, -0.15) is 0 Å². The van der Waals surface area contributed by atoms with Crippen LogP contribution in [0.3, 0.4) is 0 Å². The van der Waals surface area contributed by atoms with E-state index >= 15 is 0 Å². The Morgan fingerprint density at radius 3 is 2.61 bits per heavy atom. The summed E-state index contributed by atoms with van der Waals surface area (Å²) in [4.78, 5) is 0. The van der Waals surface area contributed by atoms with E-state index in [1.54, 1.807) is 14.0 Å². The van der Waals surface area contributed by atoms with Crippen LogP contribution in [-0.4, -0.2) is 7.11 Å². The van der Waals surface area contributed by atoms with Crippen LogP contribution in [0, 0.1) is 18.7 Å². The molecule has 0 aliphatic heterocycles. The Morgan fingerprint density at radius 1 is 1.28 bits per heavy atom. The summed E-state index contributed by atoms with van der Waals surface area (Å²) in [5.74, 6) is 1.28. The molecule has 0 saturated carbocycles. The molecule has 0 fully saturated rings. The second-order valence-corrected chi connectivity index (χ2v) is 5.15. The van der Waals surface area contributed by atoms with E-state index < -0.39 is 0 Å². The first-order valence-electron chi connectivity index (χ1n) is 6.92. The Kier molecular flexibility index (Phi) is 6.17. The van der Waals surface area contributed by atoms with Gasteiger partial charge in [0.05, 0.1) is 7.11 Å². The smallest absolute Gasteiger partial charge is 0.132 e. The van der Waals surface area contributed by atoms with Gasteiger partial charge in [0.1, 0.15) is 11.6 Å². The Hall–Kier alpha value is -1.05. The summed E-state index contributed by atoms with van der Waals surface area (Å²) in [5, 5.41) is 0. The minimum atomic E-state index is -0.0995. The van der Waals surface area contributed by atoms with Crippen molar-refractivity contribution in [2.24, 2.45) is 5.92 Å². The maximum Gasteiger partial charge on any atom is 0.132 e. The van der Waals surface area contributed by atoms with Crippen LogP contribution in [-0.2, 0) is 6.42 Å². The Bertz CT molecular complexity index is 374. The molecule has 102 valence electrons. The van der Waals surface area contributed by atoms with Gasteiger partial charge in [-0.3, -0.25) is 0 Å². The maximum atomic E-state index is 14.0. The van der Waals surface area contributed by atoms with Crippen molar-refractivity contribution in [1.82, 2.24) is 0 Å². The summed E-state index contributed by atoms with van der Waals surface area (Å²) in [5.41, 5.74) is 1.44. The van der Waals surface area contributed by atoms with Crippen molar-refractivity contribution in [3.8, 4) is 5.75 Å². The van der Waals surface area contributed by atoms with E-state index in [9.17, 15) is 4.39 Å². The fraction of sp³-hybridized carbons (Fsp3) is 0.625. The molecule has 2 heteroatoms. The monoisotopic (exact) mass is 252 g/mol. The van der Waals surface area contributed by atoms with Gasteiger partial charge in [-0.25, -0.2) is 4.39 Å². The maximum absolute atomic E-state index is 14.0. The minimum Gasteiger partial charge on any atom is -0.496 e. The van der Waals surface area contributed by atoms with Crippen LogP contribution < -0.4 is 4.74 Å². The number of hydrogen-bond acceptors (Lipinski definition) is 1. The van der Waals surface area contributed by atoms with Gasteiger partial charge in [-0.1, -0.05) is 39.2 Å². The SMILES string of the molecule is CCCC(C)CCCc1ccc(OC)c(C)c1F. The lowest BCUT2D eigenvalue weighted by Crippen LogP contribution is -1.99. The van der Waals surface area contributed by atoms with Crippen LogP contribution in [0.25, 0.3) is 0 Å². The second kappa shape index (κ2) is 7.40. The number of rotatable bonds is 7. The highest BCUT2D eigenvalue weighted by atomic mass is 19.1. The highest BCUT2D eigenvalue weighted by Gasteiger charge is 2.10. The molecule has 0 aliphatic carbocycles. The zero-order valence-electron chi connectivity index (χ0n) is 12.1. The fourth-order valence-electron chi connectivity index (χ4n) is 2.42. The quantitative estimate of drug-likeness (QED) is 0.670. The number of methoxy groups -OCH3 is 1. The summed E-state index contributed by atoms with van der Waals surface area (Å²) >= 11 is 0. The van der Waals surface area contributed by atoms with E-state index in [0.29, 0.717) is 11.3 Å². The normalized spacial score (nSPS) is 12.5. The summed E-state index contributed by atoms with van der Waals surface area (Å²) in [6.45, 7) is 6.26. The van der Waals surface area contributed by atoms with Crippen LogP contribution in [0.5, 0.6) is 5.75 Å². The van der Waals surface area contributed by atoms with Crippen LogP contribution in [0.2, 0.25) is 0 Å². The zero-order valence-corrected chi connectivity index (χ0v) is 12.1. The highest BCUT2D eigenvalue weighted by Crippen LogP contribution is 2.25. The van der Waals surface area contributed by atoms with Gasteiger partial charge in [0.25, 0.3) is 0 Å². The van der Waals surface area contributed by atoms with E-state index in [2.05, 4.69) is 13.8 Å². The molecule has 0 saturated heterocycles. The number of benzene rings is 1. The first-order valence-corrected chi connectivity index (χ1v) is 6.92. The van der Waals surface area contributed by atoms with E-state index in [4.69, 9.17) is 4.74 Å². The lowest BCUT2D eigenvalue weighted by molar-refractivity contribution is 0.406. The zero-order chi connectivity index (χ0) is 13.5. The Morgan fingerprint density at radius 2 is 2.00 bits per heavy atom. The van der Waals surface area contributed by atoms with E-state index in [0.717, 1.165) is 24.3 Å². The largest absolute Gasteiger partial charge is 0.496 e. The van der Waals surface area contributed by atoms with Crippen LogP contribution in [0.4, 0.5) is 4.39 Å². The van der Waals surface area contributed by atoms with Gasteiger partial charge >= 0.3 is 0 Å². The van der Waals surface area contributed by atoms with Crippen LogP contribution in [0.15, 0.2) is 12.1 Å².